The van der Waals surface area contributed by atoms with Crippen molar-refractivity contribution in [2.24, 2.45) is 0 Å². The highest BCUT2D eigenvalue weighted by Gasteiger charge is 2.17. The summed E-state index contributed by atoms with van der Waals surface area (Å²) in [5, 5.41) is 0. The van der Waals surface area contributed by atoms with Gasteiger partial charge in [-0.1, -0.05) is 87.4 Å². The summed E-state index contributed by atoms with van der Waals surface area (Å²) < 4.78 is 10.8. The number of hydrogen-bond acceptors (Lipinski definition) is 3. The second kappa shape index (κ2) is 11.3. The van der Waals surface area contributed by atoms with Gasteiger partial charge in [0, 0.05) is 11.8 Å². The second-order valence-electron chi connectivity index (χ2n) is 6.66. The average molecular weight is 354 g/mol. The summed E-state index contributed by atoms with van der Waals surface area (Å²) in [4.78, 5) is 12.1. The van der Waals surface area contributed by atoms with Gasteiger partial charge >= 0.3 is 6.16 Å². The molecule has 2 aromatic rings. The van der Waals surface area contributed by atoms with Gasteiger partial charge in [-0.15, -0.1) is 0 Å². The molecular weight excluding hydrogens is 324 g/mol. The molecule has 2 rings (SSSR count). The van der Waals surface area contributed by atoms with Gasteiger partial charge in [-0.3, -0.25) is 0 Å². The van der Waals surface area contributed by atoms with Gasteiger partial charge < -0.3 is 9.47 Å². The molecule has 3 heteroatoms. The van der Waals surface area contributed by atoms with Crippen molar-refractivity contribution in [2.45, 2.75) is 51.4 Å². The molecule has 0 aliphatic rings. The van der Waals surface area contributed by atoms with E-state index in [4.69, 9.17) is 9.47 Å². The highest BCUT2D eigenvalue weighted by molar-refractivity contribution is 5.60. The van der Waals surface area contributed by atoms with Crippen molar-refractivity contribution >= 4 is 6.16 Å². The minimum Gasteiger partial charge on any atom is -0.434 e. The molecule has 0 radical (unpaired) electrons. The molecule has 0 N–H and O–H groups in total. The van der Waals surface area contributed by atoms with Crippen LogP contribution in [0.15, 0.2) is 60.7 Å². The number of benzene rings is 2. The SMILES string of the molecule is CCCC(COC(=O)OCC(CCC)c1ccccc1)c1ccccc1. The molecule has 0 fully saturated rings. The topological polar surface area (TPSA) is 35.5 Å². The first-order valence-electron chi connectivity index (χ1n) is 9.64. The maximum Gasteiger partial charge on any atom is 0.508 e. The summed E-state index contributed by atoms with van der Waals surface area (Å²) in [6.07, 6.45) is 3.49. The maximum atomic E-state index is 12.1. The first-order valence-corrected chi connectivity index (χ1v) is 9.64. The summed E-state index contributed by atoms with van der Waals surface area (Å²) in [6.45, 7) is 5.01. The van der Waals surface area contributed by atoms with Gasteiger partial charge in [0.05, 0.1) is 0 Å². The zero-order valence-corrected chi connectivity index (χ0v) is 15.9. The largest absolute Gasteiger partial charge is 0.508 e. The van der Waals surface area contributed by atoms with Crippen LogP contribution < -0.4 is 0 Å². The predicted octanol–water partition coefficient (Wildman–Crippen LogP) is 6.31. The van der Waals surface area contributed by atoms with Gasteiger partial charge in [-0.2, -0.15) is 0 Å². The molecular formula is C23H30O3. The van der Waals surface area contributed by atoms with Crippen LogP contribution in [0.5, 0.6) is 0 Å². The van der Waals surface area contributed by atoms with Crippen molar-refractivity contribution in [1.29, 1.82) is 0 Å². The van der Waals surface area contributed by atoms with E-state index in [1.807, 2.05) is 36.4 Å². The Labute approximate surface area is 157 Å². The quantitative estimate of drug-likeness (QED) is 0.469. The van der Waals surface area contributed by atoms with Crippen LogP contribution in [0.4, 0.5) is 4.79 Å². The summed E-state index contributed by atoms with van der Waals surface area (Å²) in [5.74, 6) is 0.434. The highest BCUT2D eigenvalue weighted by Crippen LogP contribution is 2.23. The van der Waals surface area contributed by atoms with Gasteiger partial charge in [0.2, 0.25) is 0 Å². The summed E-state index contributed by atoms with van der Waals surface area (Å²) in [5.41, 5.74) is 2.41. The molecule has 0 amide bonds. The van der Waals surface area contributed by atoms with E-state index in [2.05, 4.69) is 38.1 Å². The first kappa shape index (κ1) is 20.0. The Morgan fingerprint density at radius 3 is 1.46 bits per heavy atom. The lowest BCUT2D eigenvalue weighted by molar-refractivity contribution is 0.0454. The first-order chi connectivity index (χ1) is 12.7. The smallest absolute Gasteiger partial charge is 0.434 e. The van der Waals surface area contributed by atoms with E-state index in [1.54, 1.807) is 0 Å². The Hall–Kier alpha value is -2.29. The standard InChI is InChI=1S/C23H30O3/c1-3-11-21(19-13-7-5-8-14-19)17-25-23(24)26-18-22(12-4-2)20-15-9-6-10-16-20/h5-10,13-16,21-22H,3-4,11-12,17-18H2,1-2H3. The lowest BCUT2D eigenvalue weighted by Gasteiger charge is -2.19. The number of carbonyl (C=O) groups excluding carboxylic acids is 1. The van der Waals surface area contributed by atoms with Crippen molar-refractivity contribution in [3.63, 3.8) is 0 Å². The summed E-state index contributed by atoms with van der Waals surface area (Å²) >= 11 is 0. The number of rotatable bonds is 10. The normalized spacial score (nSPS) is 13.0. The van der Waals surface area contributed by atoms with Gasteiger partial charge in [-0.05, 0) is 24.0 Å². The van der Waals surface area contributed by atoms with Gasteiger partial charge in [0.1, 0.15) is 13.2 Å². The van der Waals surface area contributed by atoms with Crippen LogP contribution in [0.25, 0.3) is 0 Å². The molecule has 0 bridgehead atoms. The Morgan fingerprint density at radius 1 is 0.731 bits per heavy atom. The molecule has 140 valence electrons. The molecule has 2 unspecified atom stereocenters. The van der Waals surface area contributed by atoms with E-state index in [0.717, 1.165) is 25.7 Å². The van der Waals surface area contributed by atoms with Crippen molar-refractivity contribution in [3.8, 4) is 0 Å². The summed E-state index contributed by atoms with van der Waals surface area (Å²) in [7, 11) is 0. The molecule has 3 nitrogen and oxygen atoms in total. The molecule has 0 heterocycles. The van der Waals surface area contributed by atoms with Crippen LogP contribution in [0, 0.1) is 0 Å². The average Bonchev–Trinajstić information content (AvgIpc) is 2.69. The third kappa shape index (κ3) is 6.55. The Balaban J connectivity index is 1.84. The van der Waals surface area contributed by atoms with Gasteiger partial charge in [0.15, 0.2) is 0 Å². The van der Waals surface area contributed by atoms with Crippen molar-refractivity contribution in [3.05, 3.63) is 71.8 Å². The molecule has 0 saturated heterocycles. The lowest BCUT2D eigenvalue weighted by atomic mass is 9.95. The predicted molar refractivity (Wildman–Crippen MR) is 105 cm³/mol. The van der Waals surface area contributed by atoms with Crippen LogP contribution in [-0.2, 0) is 9.47 Å². The molecule has 0 aromatic heterocycles. The van der Waals surface area contributed by atoms with Gasteiger partial charge in [0.25, 0.3) is 0 Å². The molecule has 2 atom stereocenters. The van der Waals surface area contributed by atoms with Crippen LogP contribution in [-0.4, -0.2) is 19.4 Å². The van der Waals surface area contributed by atoms with Crippen molar-refractivity contribution in [1.82, 2.24) is 0 Å². The highest BCUT2D eigenvalue weighted by atomic mass is 16.7. The second-order valence-corrected chi connectivity index (χ2v) is 6.66. The third-order valence-electron chi connectivity index (χ3n) is 4.62. The number of carbonyl (C=O) groups is 1. The minimum absolute atomic E-state index is 0.217. The fourth-order valence-corrected chi connectivity index (χ4v) is 3.22. The monoisotopic (exact) mass is 354 g/mol. The zero-order chi connectivity index (χ0) is 18.6. The maximum absolute atomic E-state index is 12.1. The molecule has 26 heavy (non-hydrogen) atoms. The van der Waals surface area contributed by atoms with Crippen LogP contribution >= 0.6 is 0 Å². The van der Waals surface area contributed by atoms with E-state index in [-0.39, 0.29) is 11.8 Å². The van der Waals surface area contributed by atoms with Crippen LogP contribution in [0.2, 0.25) is 0 Å². The van der Waals surface area contributed by atoms with E-state index in [9.17, 15) is 4.79 Å². The molecule has 0 spiro atoms. The van der Waals surface area contributed by atoms with Gasteiger partial charge in [-0.25, -0.2) is 4.79 Å². The Kier molecular flexibility index (Phi) is 8.74. The van der Waals surface area contributed by atoms with E-state index >= 15 is 0 Å². The molecule has 0 saturated carbocycles. The Morgan fingerprint density at radius 2 is 1.12 bits per heavy atom. The minimum atomic E-state index is -0.570. The van der Waals surface area contributed by atoms with Crippen LogP contribution in [0.1, 0.15) is 62.5 Å². The fraction of sp³-hybridized carbons (Fsp3) is 0.435. The van der Waals surface area contributed by atoms with Crippen molar-refractivity contribution < 1.29 is 14.3 Å². The Bertz CT molecular complexity index is 569. The third-order valence-corrected chi connectivity index (χ3v) is 4.62. The number of hydrogen-bond donors (Lipinski definition) is 0. The van der Waals surface area contributed by atoms with E-state index < -0.39 is 6.16 Å². The molecule has 0 aliphatic carbocycles. The fourth-order valence-electron chi connectivity index (χ4n) is 3.22. The van der Waals surface area contributed by atoms with Crippen LogP contribution in [0.3, 0.4) is 0 Å². The van der Waals surface area contributed by atoms with E-state index in [1.165, 1.54) is 11.1 Å². The lowest BCUT2D eigenvalue weighted by Crippen LogP contribution is -2.17. The molecule has 0 aliphatic heterocycles. The van der Waals surface area contributed by atoms with E-state index in [0.29, 0.717) is 13.2 Å². The zero-order valence-electron chi connectivity index (χ0n) is 15.9. The number of ether oxygens (including phenoxy) is 2. The summed E-state index contributed by atoms with van der Waals surface area (Å²) in [6, 6.07) is 20.4. The van der Waals surface area contributed by atoms with Crippen molar-refractivity contribution in [2.75, 3.05) is 13.2 Å². The molecule has 2 aromatic carbocycles.